The number of likely N-dealkylation sites (tertiary alicyclic amines) is 1. The Labute approximate surface area is 160 Å². The number of rotatable bonds is 5. The van der Waals surface area contributed by atoms with Crippen LogP contribution in [0, 0.1) is 5.92 Å². The minimum absolute atomic E-state index is 0. The van der Waals surface area contributed by atoms with Crippen LogP contribution in [0.5, 0.6) is 0 Å². The van der Waals surface area contributed by atoms with Gasteiger partial charge in [-0.25, -0.2) is 0 Å². The Morgan fingerprint density at radius 3 is 2.46 bits per heavy atom. The molecule has 2 N–H and O–H groups in total. The highest BCUT2D eigenvalue weighted by molar-refractivity contribution is 5.94. The Balaban J connectivity index is 0.00000243. The van der Waals surface area contributed by atoms with E-state index in [4.69, 9.17) is 0 Å². The standard InChI is InChI=1S/C20H25N3O2.ClH/c1-21-12-9-15-10-13-23(14-11-15)20(25)17-7-8-18(22-19(17)24)16-5-3-2-4-6-16;/h2-8,15,21H,9-14H2,1H3,(H,22,24);1H. The van der Waals surface area contributed by atoms with Gasteiger partial charge in [0.2, 0.25) is 0 Å². The van der Waals surface area contributed by atoms with Crippen LogP contribution in [0.2, 0.25) is 0 Å². The number of nitrogens with one attached hydrogen (secondary N) is 2. The van der Waals surface area contributed by atoms with Gasteiger partial charge in [-0.2, -0.15) is 0 Å². The molecule has 1 fully saturated rings. The Bertz CT molecular complexity index is 768. The second kappa shape index (κ2) is 9.55. The number of hydrogen-bond acceptors (Lipinski definition) is 3. The summed E-state index contributed by atoms with van der Waals surface area (Å²) in [6.45, 7) is 2.47. The van der Waals surface area contributed by atoms with Crippen molar-refractivity contribution in [1.29, 1.82) is 0 Å². The van der Waals surface area contributed by atoms with Gasteiger partial charge < -0.3 is 15.2 Å². The first-order valence-electron chi connectivity index (χ1n) is 8.91. The molecule has 2 aromatic rings. The highest BCUT2D eigenvalue weighted by atomic mass is 35.5. The fraction of sp³-hybridized carbons (Fsp3) is 0.400. The van der Waals surface area contributed by atoms with E-state index in [1.807, 2.05) is 48.3 Å². The molecule has 26 heavy (non-hydrogen) atoms. The fourth-order valence-electron chi connectivity index (χ4n) is 3.37. The first kappa shape index (κ1) is 20.2. The van der Waals surface area contributed by atoms with Gasteiger partial charge in [0.05, 0.1) is 0 Å². The molecule has 0 aliphatic carbocycles. The Morgan fingerprint density at radius 2 is 1.85 bits per heavy atom. The molecule has 140 valence electrons. The number of carbonyl (C=O) groups is 1. The molecular formula is C20H26ClN3O2. The number of nitrogens with zero attached hydrogens (tertiary/aromatic N) is 1. The van der Waals surface area contributed by atoms with Gasteiger partial charge in [-0.05, 0) is 56.5 Å². The van der Waals surface area contributed by atoms with Crippen molar-refractivity contribution in [2.24, 2.45) is 5.92 Å². The maximum atomic E-state index is 12.7. The van der Waals surface area contributed by atoms with Crippen molar-refractivity contribution in [3.05, 3.63) is 58.4 Å². The molecule has 2 heterocycles. The lowest BCUT2D eigenvalue weighted by molar-refractivity contribution is 0.0685. The van der Waals surface area contributed by atoms with E-state index >= 15 is 0 Å². The predicted molar refractivity (Wildman–Crippen MR) is 107 cm³/mol. The molecule has 5 nitrogen and oxygen atoms in total. The normalized spacial score (nSPS) is 14.7. The zero-order chi connectivity index (χ0) is 17.6. The molecule has 1 aliphatic rings. The van der Waals surface area contributed by atoms with E-state index in [9.17, 15) is 9.59 Å². The summed E-state index contributed by atoms with van der Waals surface area (Å²) >= 11 is 0. The summed E-state index contributed by atoms with van der Waals surface area (Å²) in [5, 5.41) is 3.18. The van der Waals surface area contributed by atoms with E-state index in [-0.39, 0.29) is 29.4 Å². The van der Waals surface area contributed by atoms with Gasteiger partial charge in [-0.3, -0.25) is 9.59 Å². The fourth-order valence-corrected chi connectivity index (χ4v) is 3.37. The maximum absolute atomic E-state index is 12.7. The van der Waals surface area contributed by atoms with Crippen molar-refractivity contribution in [2.45, 2.75) is 19.3 Å². The molecule has 0 spiro atoms. The van der Waals surface area contributed by atoms with Crippen molar-refractivity contribution in [3.63, 3.8) is 0 Å². The van der Waals surface area contributed by atoms with Crippen LogP contribution in [0.15, 0.2) is 47.3 Å². The van der Waals surface area contributed by atoms with Crippen LogP contribution in [-0.4, -0.2) is 42.5 Å². The van der Waals surface area contributed by atoms with Crippen LogP contribution in [0.25, 0.3) is 11.3 Å². The van der Waals surface area contributed by atoms with Crippen LogP contribution in [0.4, 0.5) is 0 Å². The molecule has 1 amide bonds. The summed E-state index contributed by atoms with van der Waals surface area (Å²) in [6.07, 6.45) is 3.16. The summed E-state index contributed by atoms with van der Waals surface area (Å²) in [4.78, 5) is 29.7. The van der Waals surface area contributed by atoms with E-state index in [1.54, 1.807) is 6.07 Å². The molecule has 6 heteroatoms. The van der Waals surface area contributed by atoms with E-state index in [0.717, 1.165) is 50.2 Å². The monoisotopic (exact) mass is 375 g/mol. The number of H-pyrrole nitrogens is 1. The molecule has 1 aliphatic heterocycles. The number of hydrogen-bond donors (Lipinski definition) is 2. The number of benzene rings is 1. The molecule has 0 bridgehead atoms. The van der Waals surface area contributed by atoms with E-state index in [2.05, 4.69) is 10.3 Å². The van der Waals surface area contributed by atoms with Gasteiger partial charge in [0.1, 0.15) is 5.56 Å². The van der Waals surface area contributed by atoms with E-state index in [1.165, 1.54) is 0 Å². The van der Waals surface area contributed by atoms with Crippen molar-refractivity contribution in [1.82, 2.24) is 15.2 Å². The Morgan fingerprint density at radius 1 is 1.15 bits per heavy atom. The highest BCUT2D eigenvalue weighted by Gasteiger charge is 2.24. The summed E-state index contributed by atoms with van der Waals surface area (Å²) in [5.41, 5.74) is 1.58. The largest absolute Gasteiger partial charge is 0.338 e. The molecule has 0 atom stereocenters. The van der Waals surface area contributed by atoms with Gasteiger partial charge in [-0.1, -0.05) is 30.3 Å². The maximum Gasteiger partial charge on any atom is 0.261 e. The lowest BCUT2D eigenvalue weighted by Crippen LogP contribution is -2.41. The zero-order valence-electron chi connectivity index (χ0n) is 15.0. The van der Waals surface area contributed by atoms with Crippen molar-refractivity contribution >= 4 is 18.3 Å². The molecule has 1 aromatic carbocycles. The lowest BCUT2D eigenvalue weighted by Gasteiger charge is -2.32. The minimum atomic E-state index is -0.316. The van der Waals surface area contributed by atoms with Gasteiger partial charge in [0.15, 0.2) is 0 Å². The highest BCUT2D eigenvalue weighted by Crippen LogP contribution is 2.21. The zero-order valence-corrected chi connectivity index (χ0v) is 15.8. The summed E-state index contributed by atoms with van der Waals surface area (Å²) in [7, 11) is 1.96. The minimum Gasteiger partial charge on any atom is -0.338 e. The molecular weight excluding hydrogens is 350 g/mol. The van der Waals surface area contributed by atoms with E-state index in [0.29, 0.717) is 5.92 Å². The number of pyridine rings is 1. The summed E-state index contributed by atoms with van der Waals surface area (Å²) in [6, 6.07) is 13.1. The summed E-state index contributed by atoms with van der Waals surface area (Å²) < 4.78 is 0. The third-order valence-corrected chi connectivity index (χ3v) is 4.93. The van der Waals surface area contributed by atoms with Crippen LogP contribution in [0.3, 0.4) is 0 Å². The van der Waals surface area contributed by atoms with Crippen LogP contribution in [0.1, 0.15) is 29.6 Å². The number of carbonyl (C=O) groups excluding carboxylic acids is 1. The average molecular weight is 376 g/mol. The number of amides is 1. The second-order valence-electron chi connectivity index (χ2n) is 6.61. The van der Waals surface area contributed by atoms with Crippen LogP contribution >= 0.6 is 12.4 Å². The number of aromatic amines is 1. The Kier molecular flexibility index (Phi) is 7.42. The van der Waals surface area contributed by atoms with Crippen LogP contribution in [-0.2, 0) is 0 Å². The van der Waals surface area contributed by atoms with Crippen molar-refractivity contribution < 1.29 is 4.79 Å². The number of aromatic nitrogens is 1. The quantitative estimate of drug-likeness (QED) is 0.844. The van der Waals surface area contributed by atoms with Gasteiger partial charge in [-0.15, -0.1) is 12.4 Å². The molecule has 0 unspecified atom stereocenters. The molecule has 0 saturated carbocycles. The van der Waals surface area contributed by atoms with Crippen molar-refractivity contribution in [2.75, 3.05) is 26.7 Å². The first-order chi connectivity index (χ1) is 12.2. The molecule has 0 radical (unpaired) electrons. The van der Waals surface area contributed by atoms with Gasteiger partial charge >= 0.3 is 0 Å². The lowest BCUT2D eigenvalue weighted by atomic mass is 9.93. The van der Waals surface area contributed by atoms with Gasteiger partial charge in [0.25, 0.3) is 11.5 Å². The molecule has 1 saturated heterocycles. The summed E-state index contributed by atoms with van der Waals surface area (Å²) in [5.74, 6) is 0.503. The second-order valence-corrected chi connectivity index (χ2v) is 6.61. The molecule has 1 aromatic heterocycles. The molecule has 3 rings (SSSR count). The average Bonchev–Trinajstić information content (AvgIpc) is 2.67. The van der Waals surface area contributed by atoms with E-state index < -0.39 is 0 Å². The number of halogens is 1. The smallest absolute Gasteiger partial charge is 0.261 e. The third kappa shape index (κ3) is 4.74. The topological polar surface area (TPSA) is 65.2 Å². The Hall–Kier alpha value is -2.11. The third-order valence-electron chi connectivity index (χ3n) is 4.93. The van der Waals surface area contributed by atoms with Crippen LogP contribution < -0.4 is 10.9 Å². The van der Waals surface area contributed by atoms with Gasteiger partial charge in [0, 0.05) is 18.8 Å². The number of piperidine rings is 1. The SMILES string of the molecule is CNCCC1CCN(C(=O)c2ccc(-c3ccccc3)[nH]c2=O)CC1.Cl. The predicted octanol–water partition coefficient (Wildman–Crippen LogP) is 2.93. The van der Waals surface area contributed by atoms with Crippen molar-refractivity contribution in [3.8, 4) is 11.3 Å². The first-order valence-corrected chi connectivity index (χ1v) is 8.91.